The molecule has 0 amide bonds. The van der Waals surface area contributed by atoms with Crippen molar-refractivity contribution in [3.63, 3.8) is 0 Å². The van der Waals surface area contributed by atoms with E-state index in [-0.39, 0.29) is 24.1 Å². The van der Waals surface area contributed by atoms with Crippen molar-refractivity contribution in [2.45, 2.75) is 47.1 Å². The molecule has 18 heavy (non-hydrogen) atoms. The van der Waals surface area contributed by atoms with Crippen molar-refractivity contribution in [2.75, 3.05) is 0 Å². The van der Waals surface area contributed by atoms with Crippen LogP contribution in [0.2, 0.25) is 0 Å². The Labute approximate surface area is 106 Å². The lowest BCUT2D eigenvalue weighted by Gasteiger charge is -2.23. The number of nitrogens with zero attached hydrogens (tertiary/aromatic N) is 2. The average Bonchev–Trinajstić information content (AvgIpc) is 2.23. The SMILES string of the molecule is Cc1nc(=O)n(C(C)C(C)C)c(C)c1CC(=O)O. The lowest BCUT2D eigenvalue weighted by Crippen LogP contribution is -2.32. The van der Waals surface area contributed by atoms with Crippen LogP contribution in [0.5, 0.6) is 0 Å². The zero-order chi connectivity index (χ0) is 14.0. The van der Waals surface area contributed by atoms with Crippen LogP contribution in [0.15, 0.2) is 4.79 Å². The molecule has 0 aromatic carbocycles. The fourth-order valence-electron chi connectivity index (χ4n) is 2.00. The van der Waals surface area contributed by atoms with Gasteiger partial charge in [-0.1, -0.05) is 13.8 Å². The summed E-state index contributed by atoms with van der Waals surface area (Å²) in [7, 11) is 0. The van der Waals surface area contributed by atoms with E-state index in [9.17, 15) is 9.59 Å². The second-order valence-corrected chi connectivity index (χ2v) is 4.97. The van der Waals surface area contributed by atoms with Gasteiger partial charge in [-0.15, -0.1) is 0 Å². The smallest absolute Gasteiger partial charge is 0.348 e. The van der Waals surface area contributed by atoms with Gasteiger partial charge in [-0.25, -0.2) is 4.79 Å². The van der Waals surface area contributed by atoms with Crippen LogP contribution < -0.4 is 5.69 Å². The van der Waals surface area contributed by atoms with E-state index in [1.54, 1.807) is 18.4 Å². The number of aliphatic carboxylic acids is 1. The third-order valence-electron chi connectivity index (χ3n) is 3.40. The number of carbonyl (C=O) groups is 1. The normalized spacial score (nSPS) is 12.8. The minimum Gasteiger partial charge on any atom is -0.481 e. The van der Waals surface area contributed by atoms with Crippen LogP contribution in [0, 0.1) is 19.8 Å². The highest BCUT2D eigenvalue weighted by Gasteiger charge is 2.19. The Kier molecular flexibility index (Phi) is 4.27. The fourth-order valence-corrected chi connectivity index (χ4v) is 2.00. The Morgan fingerprint density at radius 3 is 2.33 bits per heavy atom. The minimum absolute atomic E-state index is 0.00172. The Balaban J connectivity index is 3.44. The maximum absolute atomic E-state index is 11.9. The van der Waals surface area contributed by atoms with Crippen LogP contribution in [0.4, 0.5) is 0 Å². The predicted molar refractivity (Wildman–Crippen MR) is 68.9 cm³/mol. The largest absolute Gasteiger partial charge is 0.481 e. The molecule has 100 valence electrons. The van der Waals surface area contributed by atoms with Crippen LogP contribution >= 0.6 is 0 Å². The second-order valence-electron chi connectivity index (χ2n) is 4.97. The molecule has 1 rings (SSSR count). The zero-order valence-electron chi connectivity index (χ0n) is 11.5. The van der Waals surface area contributed by atoms with Gasteiger partial charge in [0.1, 0.15) is 0 Å². The molecule has 5 nitrogen and oxygen atoms in total. The summed E-state index contributed by atoms with van der Waals surface area (Å²) in [5, 5.41) is 8.91. The summed E-state index contributed by atoms with van der Waals surface area (Å²) in [6.07, 6.45) is -0.101. The van der Waals surface area contributed by atoms with Crippen molar-refractivity contribution in [3.05, 3.63) is 27.4 Å². The molecular weight excluding hydrogens is 232 g/mol. The molecule has 0 bridgehead atoms. The average molecular weight is 252 g/mol. The van der Waals surface area contributed by atoms with Crippen LogP contribution in [0.3, 0.4) is 0 Å². The monoisotopic (exact) mass is 252 g/mol. The maximum atomic E-state index is 11.9. The Morgan fingerprint density at radius 1 is 1.33 bits per heavy atom. The van der Waals surface area contributed by atoms with E-state index in [4.69, 9.17) is 5.11 Å². The first-order chi connectivity index (χ1) is 8.25. The van der Waals surface area contributed by atoms with Gasteiger partial charge in [0, 0.05) is 23.0 Å². The van der Waals surface area contributed by atoms with Crippen molar-refractivity contribution in [2.24, 2.45) is 5.92 Å². The summed E-state index contributed by atoms with van der Waals surface area (Å²) in [6.45, 7) is 9.45. The number of rotatable bonds is 4. The maximum Gasteiger partial charge on any atom is 0.348 e. The highest BCUT2D eigenvalue weighted by atomic mass is 16.4. The number of hydrogen-bond acceptors (Lipinski definition) is 3. The van der Waals surface area contributed by atoms with E-state index in [2.05, 4.69) is 4.98 Å². The lowest BCUT2D eigenvalue weighted by atomic mass is 10.0. The molecule has 0 radical (unpaired) electrons. The molecule has 0 fully saturated rings. The van der Waals surface area contributed by atoms with Crippen molar-refractivity contribution in [1.29, 1.82) is 0 Å². The molecule has 1 aromatic heterocycles. The number of carboxylic acids is 1. The summed E-state index contributed by atoms with van der Waals surface area (Å²) >= 11 is 0. The molecule has 0 aliphatic rings. The summed E-state index contributed by atoms with van der Waals surface area (Å²) in [5.41, 5.74) is 1.54. The molecular formula is C13H20N2O3. The summed E-state index contributed by atoms with van der Waals surface area (Å²) < 4.78 is 1.59. The topological polar surface area (TPSA) is 72.2 Å². The van der Waals surface area contributed by atoms with Gasteiger partial charge in [0.25, 0.3) is 0 Å². The molecule has 0 aliphatic carbocycles. The van der Waals surface area contributed by atoms with E-state index in [1.165, 1.54) is 0 Å². The van der Waals surface area contributed by atoms with E-state index >= 15 is 0 Å². The standard InChI is InChI=1S/C13H20N2O3/c1-7(2)9(4)15-10(5)11(6-12(16)17)8(3)14-13(15)18/h7,9H,6H2,1-5H3,(H,16,17). The van der Waals surface area contributed by atoms with Gasteiger partial charge >= 0.3 is 11.7 Å². The van der Waals surface area contributed by atoms with Crippen LogP contribution in [0.1, 0.15) is 43.8 Å². The van der Waals surface area contributed by atoms with Gasteiger partial charge in [0.2, 0.25) is 0 Å². The highest BCUT2D eigenvalue weighted by Crippen LogP contribution is 2.19. The molecule has 0 spiro atoms. The van der Waals surface area contributed by atoms with Gasteiger partial charge in [-0.2, -0.15) is 4.98 Å². The first kappa shape index (κ1) is 14.4. The van der Waals surface area contributed by atoms with E-state index in [0.717, 1.165) is 0 Å². The molecule has 0 aliphatic heterocycles. The Bertz CT molecular complexity index is 518. The summed E-state index contributed by atoms with van der Waals surface area (Å²) in [5.74, 6) is -0.631. The van der Waals surface area contributed by atoms with Gasteiger partial charge in [-0.3, -0.25) is 9.36 Å². The van der Waals surface area contributed by atoms with Crippen molar-refractivity contribution in [3.8, 4) is 0 Å². The number of carboxylic acid groups (broad SMARTS) is 1. The predicted octanol–water partition coefficient (Wildman–Crippen LogP) is 1.70. The zero-order valence-corrected chi connectivity index (χ0v) is 11.5. The van der Waals surface area contributed by atoms with E-state index in [1.807, 2.05) is 20.8 Å². The third kappa shape index (κ3) is 2.78. The molecule has 0 saturated heterocycles. The third-order valence-corrected chi connectivity index (χ3v) is 3.40. The fraction of sp³-hybridized carbons (Fsp3) is 0.615. The Morgan fingerprint density at radius 2 is 1.89 bits per heavy atom. The van der Waals surface area contributed by atoms with Gasteiger partial charge in [0.05, 0.1) is 6.42 Å². The van der Waals surface area contributed by atoms with Crippen molar-refractivity contribution >= 4 is 5.97 Å². The first-order valence-electron chi connectivity index (χ1n) is 6.06. The van der Waals surface area contributed by atoms with Gasteiger partial charge in [-0.05, 0) is 26.7 Å². The van der Waals surface area contributed by atoms with Crippen LogP contribution in [-0.2, 0) is 11.2 Å². The molecule has 1 atom stereocenters. The minimum atomic E-state index is -0.912. The molecule has 1 N–H and O–H groups in total. The highest BCUT2D eigenvalue weighted by molar-refractivity contribution is 5.70. The van der Waals surface area contributed by atoms with Gasteiger partial charge < -0.3 is 5.11 Å². The van der Waals surface area contributed by atoms with Crippen LogP contribution in [0.25, 0.3) is 0 Å². The van der Waals surface area contributed by atoms with Gasteiger partial charge in [0.15, 0.2) is 0 Å². The summed E-state index contributed by atoms with van der Waals surface area (Å²) in [6, 6.07) is -0.00172. The van der Waals surface area contributed by atoms with Crippen LogP contribution in [-0.4, -0.2) is 20.6 Å². The Hall–Kier alpha value is -1.65. The molecule has 0 saturated carbocycles. The number of aromatic nitrogens is 2. The molecule has 5 heteroatoms. The first-order valence-corrected chi connectivity index (χ1v) is 6.06. The molecule has 1 heterocycles. The number of hydrogen-bond donors (Lipinski definition) is 1. The second kappa shape index (κ2) is 5.33. The number of aryl methyl sites for hydroxylation is 1. The summed E-state index contributed by atoms with van der Waals surface area (Å²) in [4.78, 5) is 26.7. The quantitative estimate of drug-likeness (QED) is 0.885. The van der Waals surface area contributed by atoms with E-state index in [0.29, 0.717) is 17.0 Å². The molecule has 1 unspecified atom stereocenters. The molecule has 1 aromatic rings. The van der Waals surface area contributed by atoms with Crippen molar-refractivity contribution < 1.29 is 9.90 Å². The lowest BCUT2D eigenvalue weighted by molar-refractivity contribution is -0.136. The van der Waals surface area contributed by atoms with E-state index < -0.39 is 5.97 Å². The van der Waals surface area contributed by atoms with Crippen molar-refractivity contribution in [1.82, 2.24) is 9.55 Å².